The second-order valence-electron chi connectivity index (χ2n) is 1.45. The molecule has 0 fully saturated rings. The molecule has 0 aromatic rings. The Morgan fingerprint density at radius 2 is 2.17 bits per heavy atom. The van der Waals surface area contributed by atoms with Crippen LogP contribution in [0.1, 0.15) is 13.8 Å². The van der Waals surface area contributed by atoms with E-state index in [9.17, 15) is 0 Å². The zero-order chi connectivity index (χ0) is 4.99. The molecule has 0 unspecified atom stereocenters. The molecule has 0 aliphatic heterocycles. The van der Waals surface area contributed by atoms with E-state index >= 15 is 0 Å². The van der Waals surface area contributed by atoms with Crippen LogP contribution in [0.5, 0.6) is 0 Å². The SMILES string of the molecule is CC(C)NC=[N]. The largest absolute Gasteiger partial charge is 0.372 e. The van der Waals surface area contributed by atoms with Crippen LogP contribution in [0.3, 0.4) is 0 Å². The predicted molar refractivity (Wildman–Crippen MR) is 26.5 cm³/mol. The topological polar surface area (TPSA) is 34.3 Å². The van der Waals surface area contributed by atoms with E-state index < -0.39 is 0 Å². The lowest BCUT2D eigenvalue weighted by Gasteiger charge is -1.97. The van der Waals surface area contributed by atoms with E-state index in [2.05, 4.69) is 5.32 Å². The van der Waals surface area contributed by atoms with Crippen LogP contribution >= 0.6 is 0 Å². The van der Waals surface area contributed by atoms with Gasteiger partial charge in [-0.05, 0) is 13.8 Å². The van der Waals surface area contributed by atoms with Crippen LogP contribution in [-0.2, 0) is 0 Å². The Hall–Kier alpha value is -0.530. The van der Waals surface area contributed by atoms with Crippen molar-refractivity contribution in [3.8, 4) is 0 Å². The molecule has 0 amide bonds. The molecule has 0 aliphatic rings. The van der Waals surface area contributed by atoms with Crippen molar-refractivity contribution in [3.63, 3.8) is 0 Å². The monoisotopic (exact) mass is 85.1 g/mol. The number of hydrogen-bond donors (Lipinski definition) is 1. The Kier molecular flexibility index (Phi) is 2.46. The van der Waals surface area contributed by atoms with Gasteiger partial charge in [0, 0.05) is 6.04 Å². The molecule has 2 heteroatoms. The molecule has 0 bridgehead atoms. The summed E-state index contributed by atoms with van der Waals surface area (Å²) >= 11 is 0. The van der Waals surface area contributed by atoms with Crippen LogP contribution in [0, 0.1) is 0 Å². The molecule has 35 valence electrons. The highest BCUT2D eigenvalue weighted by Crippen LogP contribution is 1.67. The zero-order valence-electron chi connectivity index (χ0n) is 4.10. The second-order valence-corrected chi connectivity index (χ2v) is 1.45. The van der Waals surface area contributed by atoms with Crippen molar-refractivity contribution >= 4 is 6.34 Å². The molecule has 0 atom stereocenters. The van der Waals surface area contributed by atoms with Gasteiger partial charge in [0.1, 0.15) is 6.34 Å². The molecule has 0 heterocycles. The number of rotatable bonds is 2. The average Bonchev–Trinajstić information content (AvgIpc) is 1.35. The van der Waals surface area contributed by atoms with Gasteiger partial charge in [0.15, 0.2) is 0 Å². The quantitative estimate of drug-likeness (QED) is 0.366. The summed E-state index contributed by atoms with van der Waals surface area (Å²) in [6.45, 7) is 3.90. The van der Waals surface area contributed by atoms with Crippen LogP contribution in [0.4, 0.5) is 0 Å². The van der Waals surface area contributed by atoms with Crippen molar-refractivity contribution in [2.24, 2.45) is 0 Å². The van der Waals surface area contributed by atoms with Gasteiger partial charge in [0.05, 0.1) is 0 Å². The molecular formula is C4H9N2. The first-order valence-electron chi connectivity index (χ1n) is 1.99. The highest BCUT2D eigenvalue weighted by Gasteiger charge is 1.80. The second kappa shape index (κ2) is 2.69. The predicted octanol–water partition coefficient (Wildman–Crippen LogP) is -0.187. The summed E-state index contributed by atoms with van der Waals surface area (Å²) in [5.41, 5.74) is 0. The summed E-state index contributed by atoms with van der Waals surface area (Å²) in [5, 5.41) is 10.6. The van der Waals surface area contributed by atoms with Crippen molar-refractivity contribution in [1.29, 1.82) is 0 Å². The normalized spacial score (nSPS) is 8.50. The standard InChI is InChI=1S/C4H9N2/c1-4(2)6-3-5/h3-4,6H,1-2H3. The summed E-state index contributed by atoms with van der Waals surface area (Å²) in [5.74, 6) is 0. The lowest BCUT2D eigenvalue weighted by Crippen LogP contribution is -2.20. The average molecular weight is 85.1 g/mol. The first-order chi connectivity index (χ1) is 2.77. The van der Waals surface area contributed by atoms with Crippen molar-refractivity contribution in [1.82, 2.24) is 10.7 Å². The zero-order valence-corrected chi connectivity index (χ0v) is 4.10. The third-order valence-electron chi connectivity index (χ3n) is 0.408. The molecule has 0 saturated heterocycles. The van der Waals surface area contributed by atoms with Crippen LogP contribution in [0.15, 0.2) is 0 Å². The molecule has 0 spiro atoms. The summed E-state index contributed by atoms with van der Waals surface area (Å²) in [6, 6.07) is 0.343. The van der Waals surface area contributed by atoms with Gasteiger partial charge in [-0.1, -0.05) is 0 Å². The van der Waals surface area contributed by atoms with Crippen LogP contribution in [-0.4, -0.2) is 12.4 Å². The minimum Gasteiger partial charge on any atom is -0.372 e. The Balaban J connectivity index is 2.81. The van der Waals surface area contributed by atoms with E-state index in [1.54, 1.807) is 0 Å². The number of nitrogens with one attached hydrogen (secondary N) is 1. The van der Waals surface area contributed by atoms with E-state index in [1.165, 1.54) is 0 Å². The lowest BCUT2D eigenvalue weighted by atomic mass is 10.4. The summed E-state index contributed by atoms with van der Waals surface area (Å²) in [7, 11) is 0. The Labute approximate surface area is 38.1 Å². The van der Waals surface area contributed by atoms with Gasteiger partial charge in [0.25, 0.3) is 0 Å². The van der Waals surface area contributed by atoms with Crippen molar-refractivity contribution in [2.45, 2.75) is 19.9 Å². The maximum Gasteiger partial charge on any atom is 0.111 e. The van der Waals surface area contributed by atoms with Gasteiger partial charge in [-0.2, -0.15) is 0 Å². The van der Waals surface area contributed by atoms with Crippen molar-refractivity contribution in [3.05, 3.63) is 0 Å². The molecule has 2 nitrogen and oxygen atoms in total. The fraction of sp³-hybridized carbons (Fsp3) is 0.750. The molecule has 1 radical (unpaired) electrons. The lowest BCUT2D eigenvalue weighted by molar-refractivity contribution is 0.744. The Morgan fingerprint density at radius 1 is 1.67 bits per heavy atom. The maximum atomic E-state index is 8.00. The van der Waals surface area contributed by atoms with E-state index in [4.69, 9.17) is 5.41 Å². The highest BCUT2D eigenvalue weighted by molar-refractivity contribution is 5.51. The number of hydrogen-bond acceptors (Lipinski definition) is 0. The van der Waals surface area contributed by atoms with Gasteiger partial charge in [-0.25, -0.2) is 0 Å². The molecule has 0 aromatic carbocycles. The van der Waals surface area contributed by atoms with Gasteiger partial charge in [-0.15, -0.1) is 5.41 Å². The van der Waals surface area contributed by atoms with Crippen LogP contribution in [0.2, 0.25) is 0 Å². The molecule has 6 heavy (non-hydrogen) atoms. The van der Waals surface area contributed by atoms with Gasteiger partial charge in [0.2, 0.25) is 0 Å². The fourth-order valence-corrected chi connectivity index (χ4v) is 0.149. The van der Waals surface area contributed by atoms with Crippen LogP contribution < -0.4 is 10.7 Å². The molecule has 0 aromatic heterocycles. The number of nitrogens with zero attached hydrogens (tertiary/aromatic N) is 1. The van der Waals surface area contributed by atoms with Crippen molar-refractivity contribution in [2.75, 3.05) is 0 Å². The third-order valence-corrected chi connectivity index (χ3v) is 0.408. The van der Waals surface area contributed by atoms with Crippen LogP contribution in [0.25, 0.3) is 0 Å². The Morgan fingerprint density at radius 3 is 2.17 bits per heavy atom. The third kappa shape index (κ3) is 3.47. The smallest absolute Gasteiger partial charge is 0.111 e. The van der Waals surface area contributed by atoms with Gasteiger partial charge < -0.3 is 5.32 Å². The summed E-state index contributed by atoms with van der Waals surface area (Å²) < 4.78 is 0. The van der Waals surface area contributed by atoms with Gasteiger partial charge in [-0.3, -0.25) is 0 Å². The van der Waals surface area contributed by atoms with E-state index in [-0.39, 0.29) is 0 Å². The van der Waals surface area contributed by atoms with E-state index in [0.29, 0.717) is 6.04 Å². The molecule has 0 rings (SSSR count). The van der Waals surface area contributed by atoms with E-state index in [0.717, 1.165) is 6.34 Å². The minimum absolute atomic E-state index is 0.343. The summed E-state index contributed by atoms with van der Waals surface area (Å²) in [6.07, 6.45) is 0.949. The molecule has 0 aliphatic carbocycles. The summed E-state index contributed by atoms with van der Waals surface area (Å²) in [4.78, 5) is 0. The first kappa shape index (κ1) is 5.47. The van der Waals surface area contributed by atoms with E-state index in [1.807, 2.05) is 13.8 Å². The molecule has 0 saturated carbocycles. The Bertz CT molecular complexity index is 40.8. The first-order valence-corrected chi connectivity index (χ1v) is 1.99. The molecular weight excluding hydrogens is 76.1 g/mol. The highest BCUT2D eigenvalue weighted by atomic mass is 14.9. The van der Waals surface area contributed by atoms with Gasteiger partial charge >= 0.3 is 0 Å². The minimum atomic E-state index is 0.343. The molecule has 1 N–H and O–H groups in total. The maximum absolute atomic E-state index is 8.00. The fourth-order valence-electron chi connectivity index (χ4n) is 0.149. The van der Waals surface area contributed by atoms with Crippen molar-refractivity contribution < 1.29 is 0 Å².